The molecule has 1 N–H and O–H groups in total. The molecular weight excluding hydrogens is 288 g/mol. The third kappa shape index (κ3) is 4.37. The number of terminal acetylenes is 1. The second kappa shape index (κ2) is 8.76. The lowest BCUT2D eigenvalue weighted by Crippen LogP contribution is -2.44. The Hall–Kier alpha value is -1.77. The molecule has 1 saturated heterocycles. The van der Waals surface area contributed by atoms with E-state index in [1.807, 2.05) is 24.2 Å². The summed E-state index contributed by atoms with van der Waals surface area (Å²) in [5.41, 5.74) is 2.11. The summed E-state index contributed by atoms with van der Waals surface area (Å²) in [7, 11) is 2.03. The molecule has 1 aromatic heterocycles. The highest BCUT2D eigenvalue weighted by Crippen LogP contribution is 2.19. The number of nitrogens with one attached hydrogen (secondary N) is 1. The summed E-state index contributed by atoms with van der Waals surface area (Å²) in [4.78, 5) is 17.2. The fraction of sp³-hybridized carbons (Fsp3) is 0.611. The Bertz CT molecular complexity index is 528. The Balaban J connectivity index is 0.000000924. The summed E-state index contributed by atoms with van der Waals surface area (Å²) in [6.07, 6.45) is 13.2. The molecule has 0 aliphatic carbocycles. The Labute approximate surface area is 139 Å². The van der Waals surface area contributed by atoms with Gasteiger partial charge in [0.2, 0.25) is 0 Å². The van der Waals surface area contributed by atoms with Crippen molar-refractivity contribution in [3.05, 3.63) is 23.5 Å². The third-order valence-corrected chi connectivity index (χ3v) is 4.67. The van der Waals surface area contributed by atoms with E-state index in [1.165, 1.54) is 5.69 Å². The van der Waals surface area contributed by atoms with Gasteiger partial charge in [-0.1, -0.05) is 0 Å². The van der Waals surface area contributed by atoms with Gasteiger partial charge in [-0.25, -0.2) is 0 Å². The van der Waals surface area contributed by atoms with Crippen molar-refractivity contribution in [3.63, 3.8) is 0 Å². The first-order valence-corrected chi connectivity index (χ1v) is 8.45. The molecular formula is C18H28N4O. The van der Waals surface area contributed by atoms with Crippen LogP contribution in [0.2, 0.25) is 0 Å². The number of rotatable bonds is 4. The number of hydrogen-bond donors (Lipinski definition) is 1. The van der Waals surface area contributed by atoms with E-state index >= 15 is 0 Å². The Morgan fingerprint density at radius 1 is 1.17 bits per heavy atom. The minimum Gasteiger partial charge on any atom is -0.354 e. The zero-order valence-corrected chi connectivity index (χ0v) is 14.1. The van der Waals surface area contributed by atoms with Crippen LogP contribution < -0.4 is 5.32 Å². The van der Waals surface area contributed by atoms with Crippen molar-refractivity contribution in [2.75, 3.05) is 45.8 Å². The molecule has 3 rings (SSSR count). The quantitative estimate of drug-likeness (QED) is 0.841. The molecule has 1 aromatic rings. The Morgan fingerprint density at radius 3 is 2.65 bits per heavy atom. The standard InChI is InChI=1S/C16H26N4O.C2H2/c1-18-11-5-14-15(18)4-2-9-20(16(14)21)10-3-8-19-12-6-17-7-13-19;1-2/h5,11,17H,2-4,6-10,12-13H2,1H3;1-2H. The number of aromatic nitrogens is 1. The molecule has 5 heteroatoms. The van der Waals surface area contributed by atoms with Gasteiger partial charge in [0, 0.05) is 58.2 Å². The second-order valence-electron chi connectivity index (χ2n) is 6.13. The number of carbonyl (C=O) groups excluding carboxylic acids is 1. The Kier molecular flexibility index (Phi) is 6.69. The predicted molar refractivity (Wildman–Crippen MR) is 93.5 cm³/mol. The summed E-state index contributed by atoms with van der Waals surface area (Å²) in [6.45, 7) is 7.35. The molecule has 3 heterocycles. The highest BCUT2D eigenvalue weighted by molar-refractivity contribution is 5.95. The average Bonchev–Trinajstić information content (AvgIpc) is 2.88. The summed E-state index contributed by atoms with van der Waals surface area (Å²) in [5, 5.41) is 3.37. The number of piperazine rings is 1. The van der Waals surface area contributed by atoms with Crippen molar-refractivity contribution in [1.29, 1.82) is 0 Å². The second-order valence-corrected chi connectivity index (χ2v) is 6.13. The van der Waals surface area contributed by atoms with E-state index in [0.29, 0.717) is 0 Å². The molecule has 0 bridgehead atoms. The summed E-state index contributed by atoms with van der Waals surface area (Å²) >= 11 is 0. The molecule has 23 heavy (non-hydrogen) atoms. The van der Waals surface area contributed by atoms with Gasteiger partial charge in [-0.3, -0.25) is 4.79 Å². The molecule has 0 unspecified atom stereocenters. The lowest BCUT2D eigenvalue weighted by Gasteiger charge is -2.28. The number of aryl methyl sites for hydroxylation is 1. The number of fused-ring (bicyclic) bond motifs is 1. The van der Waals surface area contributed by atoms with Gasteiger partial charge in [0.1, 0.15) is 0 Å². The van der Waals surface area contributed by atoms with E-state index in [0.717, 1.165) is 70.6 Å². The van der Waals surface area contributed by atoms with Gasteiger partial charge in [-0.05, 0) is 31.9 Å². The van der Waals surface area contributed by atoms with Crippen LogP contribution in [0.15, 0.2) is 12.3 Å². The monoisotopic (exact) mass is 316 g/mol. The highest BCUT2D eigenvalue weighted by Gasteiger charge is 2.24. The van der Waals surface area contributed by atoms with Gasteiger partial charge >= 0.3 is 0 Å². The molecule has 0 spiro atoms. The van der Waals surface area contributed by atoms with Crippen LogP contribution in [0.25, 0.3) is 0 Å². The van der Waals surface area contributed by atoms with E-state index in [1.54, 1.807) is 0 Å². The van der Waals surface area contributed by atoms with Gasteiger partial charge in [0.15, 0.2) is 0 Å². The smallest absolute Gasteiger partial charge is 0.255 e. The van der Waals surface area contributed by atoms with Crippen molar-refractivity contribution < 1.29 is 4.79 Å². The van der Waals surface area contributed by atoms with Crippen LogP contribution in [-0.4, -0.2) is 66.1 Å². The number of amides is 1. The minimum atomic E-state index is 0.225. The largest absolute Gasteiger partial charge is 0.354 e. The molecule has 0 atom stereocenters. The van der Waals surface area contributed by atoms with Crippen molar-refractivity contribution >= 4 is 5.91 Å². The molecule has 1 fully saturated rings. The maximum absolute atomic E-state index is 12.6. The fourth-order valence-electron chi connectivity index (χ4n) is 3.41. The first-order valence-electron chi connectivity index (χ1n) is 8.45. The van der Waals surface area contributed by atoms with Gasteiger partial charge in [-0.2, -0.15) is 0 Å². The minimum absolute atomic E-state index is 0.225. The van der Waals surface area contributed by atoms with Crippen LogP contribution in [0.5, 0.6) is 0 Å². The van der Waals surface area contributed by atoms with Crippen LogP contribution in [0.3, 0.4) is 0 Å². The van der Waals surface area contributed by atoms with Crippen molar-refractivity contribution in [3.8, 4) is 12.8 Å². The third-order valence-electron chi connectivity index (χ3n) is 4.67. The van der Waals surface area contributed by atoms with Crippen LogP contribution in [-0.2, 0) is 13.5 Å². The van der Waals surface area contributed by atoms with E-state index in [2.05, 4.69) is 27.6 Å². The van der Waals surface area contributed by atoms with E-state index in [-0.39, 0.29) is 5.91 Å². The molecule has 2 aliphatic rings. The zero-order valence-electron chi connectivity index (χ0n) is 14.1. The molecule has 0 radical (unpaired) electrons. The molecule has 5 nitrogen and oxygen atoms in total. The topological polar surface area (TPSA) is 40.5 Å². The summed E-state index contributed by atoms with van der Waals surface area (Å²) < 4.78 is 2.09. The first-order chi connectivity index (χ1) is 11.3. The van der Waals surface area contributed by atoms with Gasteiger partial charge < -0.3 is 19.7 Å². The van der Waals surface area contributed by atoms with E-state index < -0.39 is 0 Å². The molecule has 126 valence electrons. The molecule has 0 aromatic carbocycles. The lowest BCUT2D eigenvalue weighted by atomic mass is 10.2. The van der Waals surface area contributed by atoms with E-state index in [4.69, 9.17) is 0 Å². The SMILES string of the molecule is C#C.Cn1ccc2c1CCCN(CCCN1CCNCC1)C2=O. The first kappa shape index (κ1) is 17.6. The van der Waals surface area contributed by atoms with Gasteiger partial charge in [-0.15, -0.1) is 12.8 Å². The van der Waals surface area contributed by atoms with Crippen LogP contribution in [0, 0.1) is 12.8 Å². The molecule has 1 amide bonds. The lowest BCUT2D eigenvalue weighted by molar-refractivity contribution is 0.0752. The number of carbonyl (C=O) groups is 1. The number of hydrogen-bond acceptors (Lipinski definition) is 3. The van der Waals surface area contributed by atoms with Crippen molar-refractivity contribution in [1.82, 2.24) is 19.7 Å². The molecule has 2 aliphatic heterocycles. The maximum Gasteiger partial charge on any atom is 0.255 e. The Morgan fingerprint density at radius 2 is 1.91 bits per heavy atom. The average molecular weight is 316 g/mol. The van der Waals surface area contributed by atoms with Crippen LogP contribution in [0.4, 0.5) is 0 Å². The van der Waals surface area contributed by atoms with E-state index in [9.17, 15) is 4.79 Å². The summed E-state index contributed by atoms with van der Waals surface area (Å²) in [6, 6.07) is 1.98. The maximum atomic E-state index is 12.6. The summed E-state index contributed by atoms with van der Waals surface area (Å²) in [5.74, 6) is 0.225. The highest BCUT2D eigenvalue weighted by atomic mass is 16.2. The van der Waals surface area contributed by atoms with Crippen LogP contribution >= 0.6 is 0 Å². The fourth-order valence-corrected chi connectivity index (χ4v) is 3.41. The van der Waals surface area contributed by atoms with Crippen molar-refractivity contribution in [2.45, 2.75) is 19.3 Å². The van der Waals surface area contributed by atoms with Crippen LogP contribution in [0.1, 0.15) is 28.9 Å². The number of nitrogens with zero attached hydrogens (tertiary/aromatic N) is 3. The molecule has 0 saturated carbocycles. The zero-order chi connectivity index (χ0) is 16.7. The predicted octanol–water partition coefficient (Wildman–Crippen LogP) is 0.958. The van der Waals surface area contributed by atoms with Gasteiger partial charge in [0.05, 0.1) is 5.56 Å². The van der Waals surface area contributed by atoms with Gasteiger partial charge in [0.25, 0.3) is 5.91 Å². The normalized spacial score (nSPS) is 18.7. The van der Waals surface area contributed by atoms with Crippen molar-refractivity contribution in [2.24, 2.45) is 7.05 Å².